The van der Waals surface area contributed by atoms with Gasteiger partial charge in [0, 0.05) is 11.5 Å². The van der Waals surface area contributed by atoms with E-state index in [2.05, 4.69) is 14.7 Å². The summed E-state index contributed by atoms with van der Waals surface area (Å²) in [6.07, 6.45) is 0.900. The predicted octanol–water partition coefficient (Wildman–Crippen LogP) is 3.01. The predicted molar refractivity (Wildman–Crippen MR) is 80.2 cm³/mol. The normalized spacial score (nSPS) is 12.4. The Morgan fingerprint density at radius 1 is 1.38 bits per heavy atom. The van der Waals surface area contributed by atoms with Gasteiger partial charge in [-0.15, -0.1) is 0 Å². The maximum Gasteiger partial charge on any atom is 0.414 e. The lowest BCUT2D eigenvalue weighted by Crippen LogP contribution is -2.27. The quantitative estimate of drug-likeness (QED) is 0.829. The van der Waals surface area contributed by atoms with Crippen LogP contribution in [0, 0.1) is 5.92 Å². The first-order chi connectivity index (χ1) is 9.58. The number of anilines is 1. The molecule has 21 heavy (non-hydrogen) atoms. The Morgan fingerprint density at radius 3 is 2.48 bits per heavy atom. The molecule has 0 aliphatic carbocycles. The molecule has 0 unspecified atom stereocenters. The second-order valence-electron chi connectivity index (χ2n) is 5.68. The van der Waals surface area contributed by atoms with Crippen LogP contribution < -0.4 is 5.32 Å². The molecule has 0 aliphatic heterocycles. The lowest BCUT2D eigenvalue weighted by atomic mass is 10.1. The highest BCUT2D eigenvalue weighted by Gasteiger charge is 2.20. The molecule has 0 saturated heterocycles. The molecule has 1 heterocycles. The van der Waals surface area contributed by atoms with Crippen molar-refractivity contribution in [3.05, 3.63) is 11.9 Å². The van der Waals surface area contributed by atoms with Gasteiger partial charge in [-0.3, -0.25) is 5.32 Å². The number of nitrogens with one attached hydrogen (secondary N) is 1. The summed E-state index contributed by atoms with van der Waals surface area (Å²) >= 11 is 0.899. The standard InChI is InChI=1S/C13H19N3O4S/c1-7(2)6-8(10(17)18)9-14-11(21-16-9)15-12(19)20-13(3,4)5/h6-7H,1-5H3,(H,17,18)(H,14,15,16,19). The van der Waals surface area contributed by atoms with Crippen LogP contribution in [0.15, 0.2) is 6.08 Å². The molecule has 116 valence electrons. The number of ether oxygens (including phenoxy) is 1. The minimum atomic E-state index is -1.11. The number of hydrogen-bond acceptors (Lipinski definition) is 6. The van der Waals surface area contributed by atoms with Crippen molar-refractivity contribution in [1.82, 2.24) is 9.36 Å². The van der Waals surface area contributed by atoms with Crippen molar-refractivity contribution in [2.75, 3.05) is 5.32 Å². The molecule has 0 bridgehead atoms. The summed E-state index contributed by atoms with van der Waals surface area (Å²) in [5.41, 5.74) is -0.611. The molecule has 0 aromatic carbocycles. The lowest BCUT2D eigenvalue weighted by Gasteiger charge is -2.18. The van der Waals surface area contributed by atoms with Gasteiger partial charge in [0.25, 0.3) is 0 Å². The van der Waals surface area contributed by atoms with Crippen LogP contribution >= 0.6 is 11.5 Å². The number of aromatic nitrogens is 2. The van der Waals surface area contributed by atoms with Gasteiger partial charge in [-0.05, 0) is 26.7 Å². The Bertz CT molecular complexity index is 558. The van der Waals surface area contributed by atoms with Crippen LogP contribution in [0.3, 0.4) is 0 Å². The fraction of sp³-hybridized carbons (Fsp3) is 0.538. The number of rotatable bonds is 4. The summed E-state index contributed by atoms with van der Waals surface area (Å²) in [6.45, 7) is 8.94. The minimum absolute atomic E-state index is 0.0125. The first-order valence-corrected chi connectivity index (χ1v) is 7.15. The number of carbonyl (C=O) groups is 2. The number of aliphatic carboxylic acids is 1. The Balaban J connectivity index is 2.86. The van der Waals surface area contributed by atoms with E-state index in [0.717, 1.165) is 11.5 Å². The van der Waals surface area contributed by atoms with Gasteiger partial charge < -0.3 is 9.84 Å². The van der Waals surface area contributed by atoms with Crippen molar-refractivity contribution in [2.24, 2.45) is 5.92 Å². The minimum Gasteiger partial charge on any atom is -0.478 e. The Kier molecular flexibility index (Phi) is 5.42. The number of hydrogen-bond donors (Lipinski definition) is 2. The van der Waals surface area contributed by atoms with Gasteiger partial charge in [-0.1, -0.05) is 19.9 Å². The molecule has 0 spiro atoms. The zero-order valence-corrected chi connectivity index (χ0v) is 13.4. The van der Waals surface area contributed by atoms with E-state index in [9.17, 15) is 9.59 Å². The summed E-state index contributed by atoms with van der Waals surface area (Å²) in [4.78, 5) is 26.8. The third-order valence-corrected chi connectivity index (χ3v) is 2.64. The van der Waals surface area contributed by atoms with E-state index in [1.165, 1.54) is 0 Å². The average Bonchev–Trinajstić information content (AvgIpc) is 2.70. The third kappa shape index (κ3) is 5.90. The van der Waals surface area contributed by atoms with Crippen molar-refractivity contribution < 1.29 is 19.4 Å². The smallest absolute Gasteiger partial charge is 0.414 e. The fourth-order valence-electron chi connectivity index (χ4n) is 1.35. The molecule has 1 amide bonds. The molecular weight excluding hydrogens is 294 g/mol. The van der Waals surface area contributed by atoms with Crippen LogP contribution in [0.4, 0.5) is 9.93 Å². The van der Waals surface area contributed by atoms with Gasteiger partial charge in [0.1, 0.15) is 11.2 Å². The SMILES string of the molecule is CC(C)C=C(C(=O)O)c1nsc(NC(=O)OC(C)(C)C)n1. The molecule has 2 N–H and O–H groups in total. The van der Waals surface area contributed by atoms with E-state index in [-0.39, 0.29) is 22.4 Å². The van der Waals surface area contributed by atoms with Crippen molar-refractivity contribution in [2.45, 2.75) is 40.2 Å². The molecule has 0 fully saturated rings. The Hall–Kier alpha value is -1.96. The van der Waals surface area contributed by atoms with Gasteiger partial charge >= 0.3 is 12.1 Å². The van der Waals surface area contributed by atoms with Crippen LogP contribution in [-0.4, -0.2) is 32.1 Å². The van der Waals surface area contributed by atoms with Gasteiger partial charge in [-0.25, -0.2) is 9.59 Å². The van der Waals surface area contributed by atoms with E-state index in [1.807, 2.05) is 13.8 Å². The van der Waals surface area contributed by atoms with Crippen LogP contribution in [0.25, 0.3) is 5.57 Å². The summed E-state index contributed by atoms with van der Waals surface area (Å²) in [7, 11) is 0. The topological polar surface area (TPSA) is 101 Å². The number of allylic oxidation sites excluding steroid dienone is 1. The first kappa shape index (κ1) is 17.1. The second kappa shape index (κ2) is 6.66. The fourth-order valence-corrected chi connectivity index (χ4v) is 1.92. The number of carboxylic acid groups (broad SMARTS) is 1. The molecule has 0 aliphatic rings. The number of nitrogens with zero attached hydrogens (tertiary/aromatic N) is 2. The van der Waals surface area contributed by atoms with Gasteiger partial charge in [0.05, 0.1) is 0 Å². The summed E-state index contributed by atoms with van der Waals surface area (Å²) < 4.78 is 9.03. The maximum atomic E-state index is 11.6. The average molecular weight is 313 g/mol. The maximum absolute atomic E-state index is 11.6. The lowest BCUT2D eigenvalue weighted by molar-refractivity contribution is -0.130. The second-order valence-corrected chi connectivity index (χ2v) is 6.43. The monoisotopic (exact) mass is 313 g/mol. The van der Waals surface area contributed by atoms with Gasteiger partial charge in [0.2, 0.25) is 5.13 Å². The number of amides is 1. The highest BCUT2D eigenvalue weighted by atomic mass is 32.1. The Labute approximate surface area is 127 Å². The highest BCUT2D eigenvalue weighted by molar-refractivity contribution is 7.10. The van der Waals surface area contributed by atoms with E-state index >= 15 is 0 Å². The molecule has 0 radical (unpaired) electrons. The van der Waals surface area contributed by atoms with E-state index in [4.69, 9.17) is 9.84 Å². The molecule has 1 aromatic rings. The molecule has 1 rings (SSSR count). The number of carboxylic acids is 1. The molecule has 0 saturated carbocycles. The van der Waals surface area contributed by atoms with E-state index in [0.29, 0.717) is 0 Å². The van der Waals surface area contributed by atoms with Crippen LogP contribution in [-0.2, 0) is 9.53 Å². The van der Waals surface area contributed by atoms with Crippen LogP contribution in [0.1, 0.15) is 40.4 Å². The largest absolute Gasteiger partial charge is 0.478 e. The molecule has 8 heteroatoms. The van der Waals surface area contributed by atoms with Gasteiger partial charge in [-0.2, -0.15) is 9.36 Å². The summed E-state index contributed by atoms with van der Waals surface area (Å²) in [6, 6.07) is 0. The molecular formula is C13H19N3O4S. The molecule has 7 nitrogen and oxygen atoms in total. The number of carbonyl (C=O) groups excluding carboxylic acids is 1. The van der Waals surface area contributed by atoms with Crippen LogP contribution in [0.5, 0.6) is 0 Å². The van der Waals surface area contributed by atoms with Crippen molar-refractivity contribution >= 4 is 34.3 Å². The van der Waals surface area contributed by atoms with E-state index < -0.39 is 17.7 Å². The van der Waals surface area contributed by atoms with Crippen LogP contribution in [0.2, 0.25) is 0 Å². The van der Waals surface area contributed by atoms with Crippen molar-refractivity contribution in [3.63, 3.8) is 0 Å². The van der Waals surface area contributed by atoms with Crippen molar-refractivity contribution in [3.8, 4) is 0 Å². The van der Waals surface area contributed by atoms with Crippen molar-refractivity contribution in [1.29, 1.82) is 0 Å². The Morgan fingerprint density at radius 2 is 2.00 bits per heavy atom. The zero-order valence-electron chi connectivity index (χ0n) is 12.6. The summed E-state index contributed by atoms with van der Waals surface area (Å²) in [5, 5.41) is 11.8. The highest BCUT2D eigenvalue weighted by Crippen LogP contribution is 2.20. The molecule has 0 atom stereocenters. The van der Waals surface area contributed by atoms with E-state index in [1.54, 1.807) is 26.8 Å². The first-order valence-electron chi connectivity index (χ1n) is 6.37. The third-order valence-electron chi connectivity index (χ3n) is 2.01. The van der Waals surface area contributed by atoms with Gasteiger partial charge in [0.15, 0.2) is 5.82 Å². The molecule has 1 aromatic heterocycles. The summed E-state index contributed by atoms with van der Waals surface area (Å²) in [5.74, 6) is -0.987. The zero-order chi connectivity index (χ0) is 16.2.